The molecule has 1 aromatic carbocycles. The summed E-state index contributed by atoms with van der Waals surface area (Å²) in [5.74, 6) is 2.82. The predicted octanol–water partition coefficient (Wildman–Crippen LogP) is 4.20. The summed E-state index contributed by atoms with van der Waals surface area (Å²) in [6.07, 6.45) is 0.565. The van der Waals surface area contributed by atoms with Crippen LogP contribution >= 0.6 is 11.3 Å². The zero-order valence-corrected chi connectivity index (χ0v) is 15.3. The topological polar surface area (TPSA) is 60.6 Å². The van der Waals surface area contributed by atoms with Gasteiger partial charge in [-0.2, -0.15) is 0 Å². The lowest BCUT2D eigenvalue weighted by atomic mass is 10.1. The van der Waals surface area contributed by atoms with Crippen LogP contribution in [0.1, 0.15) is 17.0 Å². The normalized spacial score (nSPS) is 10.5. The van der Waals surface area contributed by atoms with Gasteiger partial charge in [0, 0.05) is 18.9 Å². The number of rotatable bonds is 5. The van der Waals surface area contributed by atoms with Crippen LogP contribution in [0.5, 0.6) is 11.5 Å². The molecule has 0 fully saturated rings. The van der Waals surface area contributed by atoms with Crippen LogP contribution in [0.25, 0.3) is 15.1 Å². The van der Waals surface area contributed by atoms with Crippen molar-refractivity contribution < 1.29 is 9.47 Å². The maximum Gasteiger partial charge on any atom is 0.246 e. The Kier molecular flexibility index (Phi) is 4.72. The molecule has 0 aliphatic carbocycles. The summed E-state index contributed by atoms with van der Waals surface area (Å²) in [5.41, 5.74) is 1.95. The molecule has 3 aromatic rings. The van der Waals surface area contributed by atoms with Gasteiger partial charge in [-0.25, -0.2) is 14.8 Å². The lowest BCUT2D eigenvalue weighted by Crippen LogP contribution is -2.02. The van der Waals surface area contributed by atoms with Gasteiger partial charge in [0.15, 0.2) is 11.5 Å². The van der Waals surface area contributed by atoms with E-state index in [1.54, 1.807) is 14.2 Å². The van der Waals surface area contributed by atoms with Crippen molar-refractivity contribution in [1.29, 1.82) is 0 Å². The smallest absolute Gasteiger partial charge is 0.246 e. The van der Waals surface area contributed by atoms with E-state index in [-0.39, 0.29) is 0 Å². The van der Waals surface area contributed by atoms with Gasteiger partial charge >= 0.3 is 0 Å². The molecular weight excluding hydrogens is 336 g/mol. The molecule has 1 N–H and O–H groups in total. The Morgan fingerprint density at radius 1 is 1.20 bits per heavy atom. The van der Waals surface area contributed by atoms with Crippen molar-refractivity contribution in [2.24, 2.45) is 0 Å². The zero-order chi connectivity index (χ0) is 18.0. The molecule has 3 rings (SSSR count). The summed E-state index contributed by atoms with van der Waals surface area (Å²) in [4.78, 5) is 13.7. The van der Waals surface area contributed by atoms with Crippen LogP contribution in [0.3, 0.4) is 0 Å². The van der Waals surface area contributed by atoms with Gasteiger partial charge < -0.3 is 14.8 Å². The number of fused-ring (bicyclic) bond motifs is 1. The van der Waals surface area contributed by atoms with Crippen LogP contribution in [0.2, 0.25) is 0 Å². The minimum atomic E-state index is 0.565. The average Bonchev–Trinajstić information content (AvgIpc) is 2.96. The van der Waals surface area contributed by atoms with Crippen molar-refractivity contribution in [1.82, 2.24) is 9.97 Å². The molecular formula is C18H18N4O2S. The number of anilines is 1. The fraction of sp³-hybridized carbons (Fsp3) is 0.278. The number of aromatic nitrogens is 2. The van der Waals surface area contributed by atoms with Crippen LogP contribution in [0.4, 0.5) is 10.8 Å². The van der Waals surface area contributed by atoms with Crippen molar-refractivity contribution >= 4 is 32.4 Å². The first-order valence-corrected chi connectivity index (χ1v) is 8.49. The molecule has 0 radical (unpaired) electrons. The first kappa shape index (κ1) is 17.0. The first-order chi connectivity index (χ1) is 12.1. The van der Waals surface area contributed by atoms with E-state index in [1.165, 1.54) is 11.3 Å². The second-order valence-corrected chi connectivity index (χ2v) is 6.41. The fourth-order valence-corrected chi connectivity index (χ4v) is 3.70. The molecule has 0 aliphatic heterocycles. The minimum Gasteiger partial charge on any atom is -0.493 e. The second kappa shape index (κ2) is 6.95. The standard InChI is InChI=1S/C18H18N4O2S/c1-10-15-16(19-2)21-14(22-18(15)25-17(10)20-3)9-11-6-7-12(23-4)13(8-11)24-5/h6-8H,9H2,1-2,4-5H3,(H,19,21,22). The number of benzene rings is 1. The van der Waals surface area contributed by atoms with Crippen molar-refractivity contribution in [3.8, 4) is 11.5 Å². The van der Waals surface area contributed by atoms with E-state index in [2.05, 4.69) is 20.1 Å². The van der Waals surface area contributed by atoms with E-state index >= 15 is 0 Å². The minimum absolute atomic E-state index is 0.565. The number of aryl methyl sites for hydroxylation is 1. The van der Waals surface area contributed by atoms with Crippen molar-refractivity contribution in [2.75, 3.05) is 26.6 Å². The van der Waals surface area contributed by atoms with E-state index in [1.807, 2.05) is 32.2 Å². The lowest BCUT2D eigenvalue weighted by Gasteiger charge is -2.10. The van der Waals surface area contributed by atoms with Gasteiger partial charge in [-0.15, -0.1) is 11.3 Å². The molecule has 2 heterocycles. The molecule has 25 heavy (non-hydrogen) atoms. The highest BCUT2D eigenvalue weighted by atomic mass is 32.1. The van der Waals surface area contributed by atoms with E-state index < -0.39 is 0 Å². The molecule has 0 saturated carbocycles. The highest BCUT2D eigenvalue weighted by molar-refractivity contribution is 7.22. The summed E-state index contributed by atoms with van der Waals surface area (Å²) < 4.78 is 10.6. The number of methoxy groups -OCH3 is 2. The molecule has 0 saturated heterocycles. The van der Waals surface area contributed by atoms with Crippen LogP contribution in [0, 0.1) is 13.5 Å². The number of thiophene rings is 1. The van der Waals surface area contributed by atoms with Crippen molar-refractivity contribution in [3.05, 3.63) is 46.6 Å². The predicted molar refractivity (Wildman–Crippen MR) is 100 cm³/mol. The van der Waals surface area contributed by atoms with E-state index in [4.69, 9.17) is 16.0 Å². The third-order valence-corrected chi connectivity index (χ3v) is 5.04. The fourth-order valence-electron chi connectivity index (χ4n) is 2.71. The third-order valence-electron chi connectivity index (χ3n) is 3.96. The summed E-state index contributed by atoms with van der Waals surface area (Å²) in [6, 6.07) is 5.77. The maximum atomic E-state index is 7.30. The number of nitrogens with zero attached hydrogens (tertiary/aromatic N) is 3. The van der Waals surface area contributed by atoms with Crippen LogP contribution in [-0.2, 0) is 6.42 Å². The Labute approximate surface area is 150 Å². The van der Waals surface area contributed by atoms with Crippen LogP contribution in [0.15, 0.2) is 18.2 Å². The Bertz CT molecular complexity index is 975. The molecule has 0 spiro atoms. The molecule has 0 unspecified atom stereocenters. The van der Waals surface area contributed by atoms with Gasteiger partial charge in [0.05, 0.1) is 20.8 Å². The molecule has 6 nitrogen and oxygen atoms in total. The molecule has 0 bridgehead atoms. The summed E-state index contributed by atoms with van der Waals surface area (Å²) in [5, 5.41) is 4.71. The van der Waals surface area contributed by atoms with Gasteiger partial charge in [-0.1, -0.05) is 6.07 Å². The number of ether oxygens (including phenoxy) is 2. The molecule has 0 amide bonds. The Hall–Kier alpha value is -2.85. The molecule has 128 valence electrons. The van der Waals surface area contributed by atoms with Gasteiger partial charge in [0.1, 0.15) is 16.5 Å². The second-order valence-electron chi connectivity index (χ2n) is 5.43. The van der Waals surface area contributed by atoms with Crippen LogP contribution < -0.4 is 14.8 Å². The number of hydrogen-bond acceptors (Lipinski definition) is 6. The summed E-state index contributed by atoms with van der Waals surface area (Å²) >= 11 is 1.40. The first-order valence-electron chi connectivity index (χ1n) is 7.67. The molecule has 2 aromatic heterocycles. The van der Waals surface area contributed by atoms with Gasteiger partial charge in [0.2, 0.25) is 5.00 Å². The molecule has 0 aliphatic rings. The average molecular weight is 354 g/mol. The Morgan fingerprint density at radius 3 is 2.60 bits per heavy atom. The van der Waals surface area contributed by atoms with E-state index in [9.17, 15) is 0 Å². The highest BCUT2D eigenvalue weighted by Crippen LogP contribution is 2.39. The third kappa shape index (κ3) is 3.08. The van der Waals surface area contributed by atoms with E-state index in [0.717, 1.165) is 27.2 Å². The summed E-state index contributed by atoms with van der Waals surface area (Å²) in [6.45, 7) is 9.24. The molecule has 7 heteroatoms. The monoisotopic (exact) mass is 354 g/mol. The Balaban J connectivity index is 2.04. The number of hydrogen-bond donors (Lipinski definition) is 1. The maximum absolute atomic E-state index is 7.30. The quantitative estimate of drug-likeness (QED) is 0.696. The Morgan fingerprint density at radius 2 is 1.96 bits per heavy atom. The van der Waals surface area contributed by atoms with E-state index in [0.29, 0.717) is 28.7 Å². The summed E-state index contributed by atoms with van der Waals surface area (Å²) in [7, 11) is 5.06. The van der Waals surface area contributed by atoms with Gasteiger partial charge in [-0.3, -0.25) is 0 Å². The molecule has 0 atom stereocenters. The van der Waals surface area contributed by atoms with Crippen LogP contribution in [-0.4, -0.2) is 31.2 Å². The van der Waals surface area contributed by atoms with Crippen molar-refractivity contribution in [3.63, 3.8) is 0 Å². The SMILES string of the molecule is [C-]#[N+]c1sc2nc(Cc3ccc(OC)c(OC)c3)nc(NC)c2c1C. The van der Waals surface area contributed by atoms with Crippen molar-refractivity contribution in [2.45, 2.75) is 13.3 Å². The lowest BCUT2D eigenvalue weighted by molar-refractivity contribution is 0.354. The largest absolute Gasteiger partial charge is 0.493 e. The number of nitrogens with one attached hydrogen (secondary N) is 1. The van der Waals surface area contributed by atoms with Gasteiger partial charge in [-0.05, 0) is 30.2 Å². The zero-order valence-electron chi connectivity index (χ0n) is 14.5. The highest BCUT2D eigenvalue weighted by Gasteiger charge is 2.16. The van der Waals surface area contributed by atoms with Gasteiger partial charge in [0.25, 0.3) is 0 Å².